The van der Waals surface area contributed by atoms with Crippen LogP contribution in [-0.4, -0.2) is 89.7 Å². The lowest BCUT2D eigenvalue weighted by atomic mass is 9.94. The van der Waals surface area contributed by atoms with E-state index in [1.807, 2.05) is 48.5 Å². The summed E-state index contributed by atoms with van der Waals surface area (Å²) < 4.78 is 55.0. The van der Waals surface area contributed by atoms with Gasteiger partial charge in [0.05, 0.1) is 13.2 Å². The number of aromatic hydroxyl groups is 1. The van der Waals surface area contributed by atoms with E-state index in [0.717, 1.165) is 19.5 Å². The van der Waals surface area contributed by atoms with E-state index in [4.69, 9.17) is 9.47 Å². The van der Waals surface area contributed by atoms with Gasteiger partial charge < -0.3 is 24.8 Å². The minimum atomic E-state index is -0.721. The first-order valence-electron chi connectivity index (χ1n) is 18.2. The molecule has 0 saturated carbocycles. The van der Waals surface area contributed by atoms with E-state index < -0.39 is 17.8 Å². The Morgan fingerprint density at radius 2 is 1.76 bits per heavy atom. The van der Waals surface area contributed by atoms with Gasteiger partial charge in [0, 0.05) is 37.8 Å². The average molecular weight is 699 g/mol. The van der Waals surface area contributed by atoms with Gasteiger partial charge in [0.15, 0.2) is 5.82 Å². The molecule has 3 saturated heterocycles. The zero-order valence-corrected chi connectivity index (χ0v) is 30.7. The Hall–Kier alpha value is -3.90. The summed E-state index contributed by atoms with van der Waals surface area (Å²) in [5.74, 6) is -0.517. The molecule has 0 bridgehead atoms. The molecule has 4 aliphatic rings. The third-order valence-electron chi connectivity index (χ3n) is 9.15. The zero-order chi connectivity index (χ0) is 36.5. The maximum atomic E-state index is 16.3. The number of anilines is 1. The monoisotopic (exact) mass is 698 g/mol. The van der Waals surface area contributed by atoms with E-state index in [0.29, 0.717) is 66.2 Å². The number of halogens is 3. The highest BCUT2D eigenvalue weighted by atomic mass is 19.1. The minimum absolute atomic E-state index is 0.00280. The highest BCUT2D eigenvalue weighted by Gasteiger charge is 2.35. The summed E-state index contributed by atoms with van der Waals surface area (Å²) in [7, 11) is 1.43. The number of rotatable bonds is 3. The number of ether oxygens (including phenoxy) is 2. The van der Waals surface area contributed by atoms with Gasteiger partial charge in [-0.15, -0.1) is 0 Å². The van der Waals surface area contributed by atoms with Crippen LogP contribution in [0.15, 0.2) is 24.3 Å². The van der Waals surface area contributed by atoms with Crippen LogP contribution in [-0.2, 0) is 6.42 Å². The number of nitrogens with one attached hydrogen (secondary N) is 1. The highest BCUT2D eigenvalue weighted by Crippen LogP contribution is 2.43. The minimum Gasteiger partial charge on any atom is -0.508 e. The lowest BCUT2D eigenvalue weighted by Gasteiger charge is -2.35. The van der Waals surface area contributed by atoms with Crippen molar-refractivity contribution in [1.82, 2.24) is 25.2 Å². The number of aromatic nitrogens is 3. The van der Waals surface area contributed by atoms with Crippen molar-refractivity contribution >= 4 is 27.5 Å². The Labute approximate surface area is 294 Å². The summed E-state index contributed by atoms with van der Waals surface area (Å²) in [6, 6.07) is 6.43. The molecule has 2 aromatic carbocycles. The van der Waals surface area contributed by atoms with Crippen molar-refractivity contribution < 1.29 is 27.8 Å². The highest BCUT2D eigenvalue weighted by molar-refractivity contribution is 6.03. The first kappa shape index (κ1) is 38.9. The molecule has 0 spiro atoms. The molecule has 8 rings (SSSR count). The van der Waals surface area contributed by atoms with Crippen LogP contribution in [0.4, 0.5) is 19.0 Å². The number of nitrogens with zero attached hydrogens (tertiary/aromatic N) is 5. The van der Waals surface area contributed by atoms with Crippen LogP contribution < -0.4 is 19.7 Å². The van der Waals surface area contributed by atoms with Crippen molar-refractivity contribution in [2.24, 2.45) is 0 Å². The third-order valence-corrected chi connectivity index (χ3v) is 9.15. The summed E-state index contributed by atoms with van der Waals surface area (Å²) in [6.07, 6.45) is 3.19. The summed E-state index contributed by atoms with van der Waals surface area (Å²) in [5, 5.41) is 15.2. The SMILES string of the molecule is CC.CC.CC.CCc1c(F)ccc2cc(O)cc(-c3nc4c5c(nc(OC)nc5c3F)N3CCNC[C@H]3CO4)c12.FC1CC2CCCN2C1. The molecule has 2 N–H and O–H groups in total. The van der Waals surface area contributed by atoms with Crippen LogP contribution in [0.5, 0.6) is 17.6 Å². The smallest absolute Gasteiger partial charge is 0.318 e. The predicted octanol–water partition coefficient (Wildman–Crippen LogP) is 7.84. The molecule has 9 nitrogen and oxygen atoms in total. The molecular formula is C38H53F3N6O3. The second kappa shape index (κ2) is 17.8. The van der Waals surface area contributed by atoms with Gasteiger partial charge in [-0.25, -0.2) is 18.2 Å². The number of alkyl halides is 1. The number of benzene rings is 2. The lowest BCUT2D eigenvalue weighted by Crippen LogP contribution is -2.53. The normalized spacial score (nSPS) is 20.3. The maximum absolute atomic E-state index is 16.3. The molecule has 6 heterocycles. The number of hydrogen-bond acceptors (Lipinski definition) is 9. The summed E-state index contributed by atoms with van der Waals surface area (Å²) in [6.45, 7) is 18.1. The molecule has 274 valence electrons. The molecule has 0 amide bonds. The Balaban J connectivity index is 0.000000315. The molecular weight excluding hydrogens is 645 g/mol. The van der Waals surface area contributed by atoms with E-state index in [1.165, 1.54) is 38.2 Å². The van der Waals surface area contributed by atoms with Crippen molar-refractivity contribution in [2.45, 2.75) is 92.4 Å². The van der Waals surface area contributed by atoms with E-state index in [2.05, 4.69) is 30.1 Å². The van der Waals surface area contributed by atoms with Crippen LogP contribution >= 0.6 is 0 Å². The quantitative estimate of drug-likeness (QED) is 0.222. The number of methoxy groups -OCH3 is 1. The second-order valence-corrected chi connectivity index (χ2v) is 11.8. The molecule has 4 aliphatic heterocycles. The lowest BCUT2D eigenvalue weighted by molar-refractivity contribution is 0.266. The van der Waals surface area contributed by atoms with Crippen LogP contribution in [0.1, 0.15) is 73.3 Å². The van der Waals surface area contributed by atoms with Crippen LogP contribution in [0.25, 0.3) is 32.9 Å². The van der Waals surface area contributed by atoms with Gasteiger partial charge in [-0.2, -0.15) is 9.97 Å². The molecule has 3 atom stereocenters. The van der Waals surface area contributed by atoms with E-state index >= 15 is 4.39 Å². The molecule has 3 fully saturated rings. The number of pyridine rings is 1. The predicted molar refractivity (Wildman–Crippen MR) is 195 cm³/mol. The van der Waals surface area contributed by atoms with Gasteiger partial charge in [-0.05, 0) is 66.8 Å². The fraction of sp³-hybridized carbons (Fsp3) is 0.553. The number of phenolic OH excluding ortho intramolecular Hbond substituents is 1. The molecule has 4 aromatic rings. The molecule has 2 aromatic heterocycles. The first-order valence-corrected chi connectivity index (χ1v) is 18.2. The van der Waals surface area contributed by atoms with Crippen LogP contribution in [0.2, 0.25) is 0 Å². The summed E-state index contributed by atoms with van der Waals surface area (Å²) >= 11 is 0. The molecule has 12 heteroatoms. The number of fused-ring (bicyclic) bond motifs is 4. The van der Waals surface area contributed by atoms with Gasteiger partial charge in [0.1, 0.15) is 46.8 Å². The standard InChI is InChI=1S/C25H23F2N5O3.C7H12FN.3C2H6/c1-3-15-17(26)5-4-12-8-14(33)9-16(18(12)15)21-20(27)22-19-23(31-25(30-22)34-2)32-7-6-28-10-13(32)11-35-24(19)29-21;8-6-4-7-2-1-3-9(7)5-6;3*1-2/h4-5,8-9,13,28,33H,3,6-7,10-11H2,1-2H3;6-7H,1-5H2;3*1-2H3/t13-;;;;/m0..../s1. The van der Waals surface area contributed by atoms with Crippen molar-refractivity contribution in [3.05, 3.63) is 41.5 Å². The molecule has 0 aliphatic carbocycles. The average Bonchev–Trinajstić information content (AvgIpc) is 3.70. The fourth-order valence-electron chi connectivity index (χ4n) is 7.11. The number of phenols is 1. The summed E-state index contributed by atoms with van der Waals surface area (Å²) in [4.78, 5) is 17.8. The summed E-state index contributed by atoms with van der Waals surface area (Å²) in [5.41, 5.74) is 0.587. The van der Waals surface area contributed by atoms with E-state index in [-0.39, 0.29) is 40.5 Å². The van der Waals surface area contributed by atoms with Gasteiger partial charge in [-0.3, -0.25) is 4.90 Å². The topological polar surface area (TPSA) is 95.9 Å². The molecule has 50 heavy (non-hydrogen) atoms. The van der Waals surface area contributed by atoms with Crippen LogP contribution in [0, 0.1) is 11.6 Å². The van der Waals surface area contributed by atoms with Gasteiger partial charge in [-0.1, -0.05) is 54.5 Å². The second-order valence-electron chi connectivity index (χ2n) is 11.8. The van der Waals surface area contributed by atoms with E-state index in [1.54, 1.807) is 6.07 Å². The Morgan fingerprint density at radius 3 is 2.46 bits per heavy atom. The van der Waals surface area contributed by atoms with Gasteiger partial charge in [0.2, 0.25) is 5.88 Å². The van der Waals surface area contributed by atoms with Crippen molar-refractivity contribution in [2.75, 3.05) is 51.3 Å². The zero-order valence-electron chi connectivity index (χ0n) is 30.7. The van der Waals surface area contributed by atoms with Crippen molar-refractivity contribution in [1.29, 1.82) is 0 Å². The van der Waals surface area contributed by atoms with Crippen molar-refractivity contribution in [3.8, 4) is 28.9 Å². The largest absolute Gasteiger partial charge is 0.508 e. The van der Waals surface area contributed by atoms with E-state index in [9.17, 15) is 13.9 Å². The fourth-order valence-corrected chi connectivity index (χ4v) is 7.11. The number of piperazine rings is 1. The van der Waals surface area contributed by atoms with Gasteiger partial charge in [0.25, 0.3) is 0 Å². The third kappa shape index (κ3) is 7.71. The van der Waals surface area contributed by atoms with Crippen molar-refractivity contribution in [3.63, 3.8) is 0 Å². The number of hydrogen-bond donors (Lipinski definition) is 2. The maximum Gasteiger partial charge on any atom is 0.318 e. The van der Waals surface area contributed by atoms with Crippen LogP contribution in [0.3, 0.4) is 0 Å². The Morgan fingerprint density at radius 1 is 1.00 bits per heavy atom. The Bertz CT molecular complexity index is 1730. The Kier molecular flexibility index (Phi) is 13.9. The first-order chi connectivity index (χ1) is 24.4. The van der Waals surface area contributed by atoms with Gasteiger partial charge >= 0.3 is 6.01 Å². The number of aryl methyl sites for hydroxylation is 1. The molecule has 0 radical (unpaired) electrons. The molecule has 2 unspecified atom stereocenters.